The molecule has 98 valence electrons. The largest absolute Gasteiger partial charge is 0.373 e. The van der Waals surface area contributed by atoms with Gasteiger partial charge in [0.1, 0.15) is 5.82 Å². The van der Waals surface area contributed by atoms with Crippen molar-refractivity contribution in [3.8, 4) is 0 Å². The van der Waals surface area contributed by atoms with Crippen molar-refractivity contribution in [1.29, 1.82) is 0 Å². The predicted molar refractivity (Wildman–Crippen MR) is 69.0 cm³/mol. The van der Waals surface area contributed by atoms with E-state index in [-0.39, 0.29) is 11.9 Å². The molecule has 2 saturated heterocycles. The maximum absolute atomic E-state index is 13.6. The minimum Gasteiger partial charge on any atom is -0.373 e. The number of fused-ring (bicyclic) bond motifs is 2. The molecule has 3 rings (SSSR count). The van der Waals surface area contributed by atoms with Gasteiger partial charge in [0.2, 0.25) is 0 Å². The summed E-state index contributed by atoms with van der Waals surface area (Å²) in [4.78, 5) is 0. The van der Waals surface area contributed by atoms with Gasteiger partial charge in [0.05, 0.1) is 12.2 Å². The van der Waals surface area contributed by atoms with E-state index in [0.29, 0.717) is 18.2 Å². The van der Waals surface area contributed by atoms with Crippen LogP contribution in [0.5, 0.6) is 0 Å². The molecule has 18 heavy (non-hydrogen) atoms. The van der Waals surface area contributed by atoms with E-state index in [1.807, 2.05) is 12.1 Å². The lowest BCUT2D eigenvalue weighted by molar-refractivity contribution is 0.0962. The van der Waals surface area contributed by atoms with Crippen molar-refractivity contribution in [2.75, 3.05) is 0 Å². The number of benzene rings is 1. The summed E-state index contributed by atoms with van der Waals surface area (Å²) < 4.78 is 19.4. The standard InChI is InChI=1S/C15H20FNO/c1-10(8-11-4-2-3-5-13(11)16)17-14-9-12-6-7-15(14)18-12/h2-5,10,12,14-15,17H,6-9H2,1H3/t10-,12-,14+,15-/m1/s1. The smallest absolute Gasteiger partial charge is 0.126 e. The van der Waals surface area contributed by atoms with Gasteiger partial charge in [-0.3, -0.25) is 0 Å². The van der Waals surface area contributed by atoms with Gasteiger partial charge in [0, 0.05) is 12.1 Å². The zero-order chi connectivity index (χ0) is 12.5. The maximum atomic E-state index is 13.6. The van der Waals surface area contributed by atoms with Crippen LogP contribution in [0.3, 0.4) is 0 Å². The van der Waals surface area contributed by atoms with Crippen molar-refractivity contribution in [2.24, 2.45) is 0 Å². The van der Waals surface area contributed by atoms with E-state index in [0.717, 1.165) is 18.4 Å². The predicted octanol–water partition coefficient (Wildman–Crippen LogP) is 2.67. The Morgan fingerprint density at radius 3 is 2.89 bits per heavy atom. The van der Waals surface area contributed by atoms with E-state index < -0.39 is 0 Å². The molecule has 2 heterocycles. The van der Waals surface area contributed by atoms with Crippen LogP contribution in [-0.4, -0.2) is 24.3 Å². The first-order valence-corrected chi connectivity index (χ1v) is 6.87. The molecule has 0 saturated carbocycles. The van der Waals surface area contributed by atoms with Crippen molar-refractivity contribution in [3.63, 3.8) is 0 Å². The summed E-state index contributed by atoms with van der Waals surface area (Å²) in [6.45, 7) is 2.12. The Bertz CT molecular complexity index is 423. The number of hydrogen-bond donors (Lipinski definition) is 1. The molecule has 0 unspecified atom stereocenters. The third-order valence-electron chi connectivity index (χ3n) is 4.09. The van der Waals surface area contributed by atoms with Crippen molar-refractivity contribution in [1.82, 2.24) is 5.32 Å². The number of hydrogen-bond acceptors (Lipinski definition) is 2. The Hall–Kier alpha value is -0.930. The zero-order valence-electron chi connectivity index (χ0n) is 10.7. The molecule has 2 fully saturated rings. The van der Waals surface area contributed by atoms with E-state index in [2.05, 4.69) is 12.2 Å². The highest BCUT2D eigenvalue weighted by molar-refractivity contribution is 5.18. The van der Waals surface area contributed by atoms with Crippen molar-refractivity contribution in [3.05, 3.63) is 35.6 Å². The van der Waals surface area contributed by atoms with Crippen LogP contribution in [0.15, 0.2) is 24.3 Å². The normalized spacial score (nSPS) is 31.8. The SMILES string of the molecule is C[C@H](Cc1ccccc1F)N[C@H]1C[C@H]2CC[C@H]1O2. The molecule has 0 radical (unpaired) electrons. The highest BCUT2D eigenvalue weighted by Gasteiger charge is 2.40. The fraction of sp³-hybridized carbons (Fsp3) is 0.600. The topological polar surface area (TPSA) is 21.3 Å². The second-order valence-corrected chi connectivity index (χ2v) is 5.58. The first-order chi connectivity index (χ1) is 8.72. The summed E-state index contributed by atoms with van der Waals surface area (Å²) in [5.41, 5.74) is 0.793. The van der Waals surface area contributed by atoms with Crippen molar-refractivity contribution in [2.45, 2.75) is 56.9 Å². The van der Waals surface area contributed by atoms with Crippen LogP contribution in [0.1, 0.15) is 31.7 Å². The number of nitrogens with one attached hydrogen (secondary N) is 1. The lowest BCUT2D eigenvalue weighted by Gasteiger charge is -2.24. The van der Waals surface area contributed by atoms with Crippen LogP contribution in [0.25, 0.3) is 0 Å². The highest BCUT2D eigenvalue weighted by atomic mass is 19.1. The average molecular weight is 249 g/mol. The molecule has 2 aliphatic rings. The quantitative estimate of drug-likeness (QED) is 0.885. The Kier molecular flexibility index (Phi) is 3.35. The monoisotopic (exact) mass is 249 g/mol. The Morgan fingerprint density at radius 1 is 1.39 bits per heavy atom. The molecular formula is C15H20FNO. The van der Waals surface area contributed by atoms with Gasteiger partial charge in [-0.2, -0.15) is 0 Å². The third-order valence-corrected chi connectivity index (χ3v) is 4.09. The van der Waals surface area contributed by atoms with E-state index in [1.54, 1.807) is 6.07 Å². The molecule has 2 bridgehead atoms. The summed E-state index contributed by atoms with van der Waals surface area (Å²) in [5, 5.41) is 3.59. The molecule has 4 atom stereocenters. The molecule has 1 N–H and O–H groups in total. The molecule has 1 aromatic carbocycles. The molecule has 1 aromatic rings. The minimum absolute atomic E-state index is 0.102. The van der Waals surface area contributed by atoms with E-state index in [4.69, 9.17) is 4.74 Å². The van der Waals surface area contributed by atoms with Gasteiger partial charge in [0.15, 0.2) is 0 Å². The van der Waals surface area contributed by atoms with Crippen LogP contribution in [-0.2, 0) is 11.2 Å². The van der Waals surface area contributed by atoms with Gasteiger partial charge in [-0.1, -0.05) is 18.2 Å². The summed E-state index contributed by atoms with van der Waals surface area (Å²) in [7, 11) is 0. The van der Waals surface area contributed by atoms with Crippen LogP contribution < -0.4 is 5.32 Å². The van der Waals surface area contributed by atoms with Crippen LogP contribution in [0.4, 0.5) is 4.39 Å². The summed E-state index contributed by atoms with van der Waals surface area (Å²) in [6.07, 6.45) is 5.10. The summed E-state index contributed by atoms with van der Waals surface area (Å²) >= 11 is 0. The van der Waals surface area contributed by atoms with Crippen molar-refractivity contribution >= 4 is 0 Å². The Balaban J connectivity index is 1.56. The van der Waals surface area contributed by atoms with Gasteiger partial charge in [-0.25, -0.2) is 4.39 Å². The maximum Gasteiger partial charge on any atom is 0.126 e. The zero-order valence-corrected chi connectivity index (χ0v) is 10.7. The van der Waals surface area contributed by atoms with Crippen LogP contribution in [0, 0.1) is 5.82 Å². The number of ether oxygens (including phenoxy) is 1. The first kappa shape index (κ1) is 12.1. The lowest BCUT2D eigenvalue weighted by Crippen LogP contribution is -2.43. The molecule has 3 heteroatoms. The van der Waals surface area contributed by atoms with Gasteiger partial charge in [-0.05, 0) is 44.2 Å². The molecular weight excluding hydrogens is 229 g/mol. The first-order valence-electron chi connectivity index (χ1n) is 6.87. The lowest BCUT2D eigenvalue weighted by atomic mass is 9.94. The summed E-state index contributed by atoms with van der Waals surface area (Å²) in [6, 6.07) is 7.78. The molecule has 2 nitrogen and oxygen atoms in total. The number of rotatable bonds is 4. The molecule has 0 amide bonds. The third kappa shape index (κ3) is 2.43. The number of halogens is 1. The van der Waals surface area contributed by atoms with Gasteiger partial charge in [-0.15, -0.1) is 0 Å². The minimum atomic E-state index is -0.102. The fourth-order valence-electron chi connectivity index (χ4n) is 3.23. The highest BCUT2D eigenvalue weighted by Crippen LogP contribution is 2.34. The van der Waals surface area contributed by atoms with Gasteiger partial charge >= 0.3 is 0 Å². The van der Waals surface area contributed by atoms with Gasteiger partial charge in [0.25, 0.3) is 0 Å². The second kappa shape index (κ2) is 4.98. The Labute approximate surface area is 108 Å². The Morgan fingerprint density at radius 2 is 2.22 bits per heavy atom. The van der Waals surface area contributed by atoms with Crippen LogP contribution in [0.2, 0.25) is 0 Å². The van der Waals surface area contributed by atoms with Crippen LogP contribution >= 0.6 is 0 Å². The molecule has 0 aliphatic carbocycles. The van der Waals surface area contributed by atoms with E-state index >= 15 is 0 Å². The van der Waals surface area contributed by atoms with E-state index in [1.165, 1.54) is 18.9 Å². The van der Waals surface area contributed by atoms with E-state index in [9.17, 15) is 4.39 Å². The molecule has 2 aliphatic heterocycles. The van der Waals surface area contributed by atoms with Gasteiger partial charge < -0.3 is 10.1 Å². The fourth-order valence-corrected chi connectivity index (χ4v) is 3.23. The molecule has 0 spiro atoms. The second-order valence-electron chi connectivity index (χ2n) is 5.58. The summed E-state index contributed by atoms with van der Waals surface area (Å²) in [5.74, 6) is -0.102. The van der Waals surface area contributed by atoms with Crippen molar-refractivity contribution < 1.29 is 9.13 Å². The molecule has 0 aromatic heterocycles. The average Bonchev–Trinajstić information content (AvgIpc) is 2.94.